The molecule has 1 saturated heterocycles. The number of hydrogen-bond acceptors (Lipinski definition) is 6. The second kappa shape index (κ2) is 8.64. The Morgan fingerprint density at radius 3 is 2.45 bits per heavy atom. The molecule has 0 saturated carbocycles. The normalized spacial score (nSPS) is 14.0. The van der Waals surface area contributed by atoms with E-state index in [1.807, 2.05) is 12.1 Å². The molecule has 7 nitrogen and oxygen atoms in total. The molecule has 2 aromatic heterocycles. The van der Waals surface area contributed by atoms with E-state index < -0.39 is 0 Å². The van der Waals surface area contributed by atoms with Gasteiger partial charge in [-0.2, -0.15) is 0 Å². The summed E-state index contributed by atoms with van der Waals surface area (Å²) in [7, 11) is 0. The highest BCUT2D eigenvalue weighted by atomic mass is 19.1. The van der Waals surface area contributed by atoms with Gasteiger partial charge in [0.2, 0.25) is 0 Å². The predicted octanol–water partition coefficient (Wildman–Crippen LogP) is 2.59. The second-order valence-corrected chi connectivity index (χ2v) is 6.75. The number of piperazine rings is 1. The lowest BCUT2D eigenvalue weighted by molar-refractivity contribution is 0.0740. The molecule has 0 spiro atoms. The van der Waals surface area contributed by atoms with Crippen LogP contribution in [0.5, 0.6) is 0 Å². The number of halogens is 1. The van der Waals surface area contributed by atoms with Crippen LogP contribution in [0.25, 0.3) is 0 Å². The number of aromatic nitrogens is 3. The van der Waals surface area contributed by atoms with Crippen LogP contribution in [0.4, 0.5) is 15.9 Å². The Hall–Kier alpha value is -3.55. The number of nitrogens with zero attached hydrogens (tertiary/aromatic N) is 5. The summed E-state index contributed by atoms with van der Waals surface area (Å²) in [6.45, 7) is 3.13. The third kappa shape index (κ3) is 4.66. The fourth-order valence-electron chi connectivity index (χ4n) is 3.25. The molecule has 0 aliphatic carbocycles. The number of nitrogens with one attached hydrogen (secondary N) is 1. The number of benzene rings is 1. The number of anilines is 2. The molecule has 148 valence electrons. The molecule has 0 atom stereocenters. The smallest absolute Gasteiger partial charge is 0.272 e. The van der Waals surface area contributed by atoms with Gasteiger partial charge < -0.3 is 15.1 Å². The SMILES string of the molecule is O=C(c1cc(NCc2ccncc2)ncn1)N1CCN(c2ccc(F)cc2)CC1. The fourth-order valence-corrected chi connectivity index (χ4v) is 3.25. The highest BCUT2D eigenvalue weighted by Crippen LogP contribution is 2.18. The first-order chi connectivity index (χ1) is 14.2. The Balaban J connectivity index is 1.35. The van der Waals surface area contributed by atoms with E-state index in [0.717, 1.165) is 11.3 Å². The highest BCUT2D eigenvalue weighted by molar-refractivity contribution is 5.93. The summed E-state index contributed by atoms with van der Waals surface area (Å²) >= 11 is 0. The van der Waals surface area contributed by atoms with Gasteiger partial charge in [0.05, 0.1) is 0 Å². The Morgan fingerprint density at radius 2 is 1.72 bits per heavy atom. The van der Waals surface area contributed by atoms with Crippen molar-refractivity contribution in [2.75, 3.05) is 36.4 Å². The fraction of sp³-hybridized carbons (Fsp3) is 0.238. The van der Waals surface area contributed by atoms with Crippen molar-refractivity contribution in [2.45, 2.75) is 6.54 Å². The number of pyridine rings is 1. The van der Waals surface area contributed by atoms with Crippen LogP contribution < -0.4 is 10.2 Å². The number of amides is 1. The van der Waals surface area contributed by atoms with Gasteiger partial charge in [-0.3, -0.25) is 9.78 Å². The number of hydrogen-bond donors (Lipinski definition) is 1. The van der Waals surface area contributed by atoms with Crippen molar-refractivity contribution in [3.8, 4) is 0 Å². The van der Waals surface area contributed by atoms with Crippen molar-refractivity contribution >= 4 is 17.4 Å². The molecule has 29 heavy (non-hydrogen) atoms. The lowest BCUT2D eigenvalue weighted by atomic mass is 10.2. The van der Waals surface area contributed by atoms with Gasteiger partial charge in [0.1, 0.15) is 23.7 Å². The zero-order valence-electron chi connectivity index (χ0n) is 15.8. The first kappa shape index (κ1) is 18.8. The van der Waals surface area contributed by atoms with Crippen LogP contribution in [0.2, 0.25) is 0 Å². The minimum atomic E-state index is -0.250. The standard InChI is InChI=1S/C21H21FN6O/c22-17-1-3-18(4-2-17)27-9-11-28(12-10-27)21(29)19-13-20(26-15-25-19)24-14-16-5-7-23-8-6-16/h1-8,13,15H,9-12,14H2,(H,24,25,26). The summed E-state index contributed by atoms with van der Waals surface area (Å²) in [5.74, 6) is 0.239. The van der Waals surface area contributed by atoms with Crippen molar-refractivity contribution in [3.63, 3.8) is 0 Å². The predicted molar refractivity (Wildman–Crippen MR) is 108 cm³/mol. The second-order valence-electron chi connectivity index (χ2n) is 6.75. The molecule has 1 aromatic carbocycles. The van der Waals surface area contributed by atoms with Gasteiger partial charge in [0, 0.05) is 56.9 Å². The summed E-state index contributed by atoms with van der Waals surface area (Å²) in [5, 5.41) is 3.20. The van der Waals surface area contributed by atoms with Crippen LogP contribution in [0.1, 0.15) is 16.1 Å². The molecule has 1 N–H and O–H groups in total. The van der Waals surface area contributed by atoms with Gasteiger partial charge in [-0.25, -0.2) is 14.4 Å². The van der Waals surface area contributed by atoms with E-state index in [1.165, 1.54) is 18.5 Å². The molecule has 3 aromatic rings. The van der Waals surface area contributed by atoms with Crippen molar-refractivity contribution in [3.05, 3.63) is 78.3 Å². The van der Waals surface area contributed by atoms with Crippen molar-refractivity contribution in [1.29, 1.82) is 0 Å². The van der Waals surface area contributed by atoms with Crippen molar-refractivity contribution < 1.29 is 9.18 Å². The summed E-state index contributed by atoms with van der Waals surface area (Å²) in [6, 6.07) is 11.9. The van der Waals surface area contributed by atoms with E-state index in [0.29, 0.717) is 44.2 Å². The van der Waals surface area contributed by atoms with E-state index in [4.69, 9.17) is 0 Å². The maximum absolute atomic E-state index is 13.1. The van der Waals surface area contributed by atoms with Crippen molar-refractivity contribution in [1.82, 2.24) is 19.9 Å². The number of carbonyl (C=O) groups is 1. The average molecular weight is 392 g/mol. The quantitative estimate of drug-likeness (QED) is 0.720. The van der Waals surface area contributed by atoms with Crippen LogP contribution >= 0.6 is 0 Å². The maximum Gasteiger partial charge on any atom is 0.272 e. The largest absolute Gasteiger partial charge is 0.368 e. The molecule has 4 rings (SSSR count). The summed E-state index contributed by atoms with van der Waals surface area (Å²) in [4.78, 5) is 29.1. The van der Waals surface area contributed by atoms with Crippen LogP contribution in [0.3, 0.4) is 0 Å². The topological polar surface area (TPSA) is 74.2 Å². The van der Waals surface area contributed by atoms with E-state index in [1.54, 1.807) is 35.5 Å². The third-order valence-corrected chi connectivity index (χ3v) is 4.87. The Kier molecular flexibility index (Phi) is 5.60. The Morgan fingerprint density at radius 1 is 1.00 bits per heavy atom. The van der Waals surface area contributed by atoms with Crippen molar-refractivity contribution in [2.24, 2.45) is 0 Å². The van der Waals surface area contributed by atoms with Crippen LogP contribution in [0.15, 0.2) is 61.2 Å². The van der Waals surface area contributed by atoms with E-state index in [2.05, 4.69) is 25.2 Å². The molecule has 1 aliphatic rings. The minimum absolute atomic E-state index is 0.113. The minimum Gasteiger partial charge on any atom is -0.368 e. The molecule has 0 radical (unpaired) electrons. The maximum atomic E-state index is 13.1. The first-order valence-corrected chi connectivity index (χ1v) is 9.44. The Bertz CT molecular complexity index is 958. The van der Waals surface area contributed by atoms with Gasteiger partial charge >= 0.3 is 0 Å². The van der Waals surface area contributed by atoms with Crippen LogP contribution in [0, 0.1) is 5.82 Å². The van der Waals surface area contributed by atoms with E-state index in [-0.39, 0.29) is 11.7 Å². The molecular weight excluding hydrogens is 371 g/mol. The van der Waals surface area contributed by atoms with Crippen LogP contribution in [-0.4, -0.2) is 51.9 Å². The molecule has 8 heteroatoms. The molecule has 1 fully saturated rings. The molecule has 0 unspecified atom stereocenters. The van der Waals surface area contributed by atoms with Gasteiger partial charge in [0.25, 0.3) is 5.91 Å². The number of carbonyl (C=O) groups excluding carboxylic acids is 1. The zero-order valence-corrected chi connectivity index (χ0v) is 15.8. The monoisotopic (exact) mass is 392 g/mol. The third-order valence-electron chi connectivity index (χ3n) is 4.87. The van der Waals surface area contributed by atoms with E-state index >= 15 is 0 Å². The lowest BCUT2D eigenvalue weighted by Gasteiger charge is -2.36. The van der Waals surface area contributed by atoms with Gasteiger partial charge in [-0.05, 0) is 42.0 Å². The van der Waals surface area contributed by atoms with Gasteiger partial charge in [-0.1, -0.05) is 0 Å². The Labute approximate surface area is 168 Å². The van der Waals surface area contributed by atoms with E-state index in [9.17, 15) is 9.18 Å². The molecule has 0 bridgehead atoms. The molecule has 3 heterocycles. The van der Waals surface area contributed by atoms with Gasteiger partial charge in [0.15, 0.2) is 0 Å². The zero-order chi connectivity index (χ0) is 20.1. The number of rotatable bonds is 5. The summed E-state index contributed by atoms with van der Waals surface area (Å²) in [5.41, 5.74) is 2.40. The molecule has 1 aliphatic heterocycles. The van der Waals surface area contributed by atoms with Crippen LogP contribution in [-0.2, 0) is 6.54 Å². The first-order valence-electron chi connectivity index (χ1n) is 9.44. The summed E-state index contributed by atoms with van der Waals surface area (Å²) in [6.07, 6.45) is 4.87. The lowest BCUT2D eigenvalue weighted by Crippen LogP contribution is -2.49. The average Bonchev–Trinajstić information content (AvgIpc) is 2.79. The highest BCUT2D eigenvalue weighted by Gasteiger charge is 2.23. The molecular formula is C21H21FN6O. The molecule has 1 amide bonds. The summed E-state index contributed by atoms with van der Waals surface area (Å²) < 4.78 is 13.1. The van der Waals surface area contributed by atoms with Gasteiger partial charge in [-0.15, -0.1) is 0 Å².